The number of ether oxygens (including phenoxy) is 2. The molecule has 0 saturated heterocycles. The van der Waals surface area contributed by atoms with Crippen molar-refractivity contribution in [2.75, 3.05) is 12.4 Å². The van der Waals surface area contributed by atoms with Crippen molar-refractivity contribution >= 4 is 23.2 Å². The van der Waals surface area contributed by atoms with Crippen LogP contribution in [0, 0.1) is 12.8 Å². The molecule has 2 bridgehead atoms. The van der Waals surface area contributed by atoms with Gasteiger partial charge >= 0.3 is 6.09 Å². The van der Waals surface area contributed by atoms with E-state index in [0.29, 0.717) is 24.7 Å². The van der Waals surface area contributed by atoms with Crippen molar-refractivity contribution in [2.24, 2.45) is 5.92 Å². The van der Waals surface area contributed by atoms with Crippen molar-refractivity contribution in [2.45, 2.75) is 69.4 Å². The minimum absolute atomic E-state index is 0.0788. The maximum Gasteiger partial charge on any atom is 0.407 e. The summed E-state index contributed by atoms with van der Waals surface area (Å²) in [5.41, 5.74) is 3.37. The number of anilines is 2. The number of H-pyrrole nitrogens is 1. The molecule has 3 aromatic heterocycles. The molecule has 4 saturated carbocycles. The van der Waals surface area contributed by atoms with Gasteiger partial charge in [-0.15, -0.1) is 0 Å². The van der Waals surface area contributed by atoms with E-state index < -0.39 is 18.4 Å². The van der Waals surface area contributed by atoms with E-state index >= 15 is 0 Å². The van der Waals surface area contributed by atoms with Crippen LogP contribution < -0.4 is 10.6 Å². The number of rotatable bonds is 7. The first kappa shape index (κ1) is 21.3. The van der Waals surface area contributed by atoms with Crippen LogP contribution in [-0.4, -0.2) is 55.8 Å². The normalized spacial score (nSPS) is 29.5. The SMILES string of the molecule is COCc1nn2ccnc(Nc3cc([C@H]4C[C@@H](F)[C@@H](OC(=O)NC56CC(C5)C6)C4)[nH]n3)c2c1C. The number of carbonyl (C=O) groups is 1. The summed E-state index contributed by atoms with van der Waals surface area (Å²) < 4.78 is 27.1. The Labute approximate surface area is 195 Å². The van der Waals surface area contributed by atoms with E-state index in [1.165, 1.54) is 0 Å². The average Bonchev–Trinajstić information content (AvgIpc) is 3.44. The zero-order valence-electron chi connectivity index (χ0n) is 19.2. The zero-order valence-corrected chi connectivity index (χ0v) is 19.2. The standard InChI is InChI=1S/C23H28FN7O3/c1-12-17(11-33-2)30-31-4-3-25-21(20(12)31)26-19-7-16(28-29-19)14-5-15(24)18(6-14)34-22(32)27-23-8-13(9-23)10-23/h3-4,7,13-15,18H,5-6,8-11H2,1-2H3,(H,27,32)(H2,25,26,28,29)/t13?,14-,15+,18-,23?/m0/s1. The molecule has 0 aliphatic heterocycles. The van der Waals surface area contributed by atoms with Gasteiger partial charge in [0.2, 0.25) is 0 Å². The smallest absolute Gasteiger partial charge is 0.407 e. The Bertz CT molecular complexity index is 1220. The fraction of sp³-hybridized carbons (Fsp3) is 0.565. The molecule has 3 aromatic rings. The van der Waals surface area contributed by atoms with Crippen LogP contribution in [0.15, 0.2) is 18.5 Å². The Hall–Kier alpha value is -3.21. The third-order valence-electron chi connectivity index (χ3n) is 7.54. The van der Waals surface area contributed by atoms with Gasteiger partial charge in [0.25, 0.3) is 0 Å². The van der Waals surface area contributed by atoms with E-state index in [2.05, 4.69) is 30.9 Å². The molecule has 3 N–H and O–H groups in total. The van der Waals surface area contributed by atoms with Crippen molar-refractivity contribution in [3.63, 3.8) is 0 Å². The Morgan fingerprint density at radius 3 is 2.91 bits per heavy atom. The molecule has 3 atom stereocenters. The molecular weight excluding hydrogens is 441 g/mol. The number of fused-ring (bicyclic) bond motifs is 1. The second-order valence-electron chi connectivity index (χ2n) is 9.92. The van der Waals surface area contributed by atoms with E-state index in [0.717, 1.165) is 47.6 Å². The number of alkyl halides is 1. The van der Waals surface area contributed by atoms with Crippen molar-refractivity contribution in [1.29, 1.82) is 0 Å². The average molecular weight is 470 g/mol. The lowest BCUT2D eigenvalue weighted by Gasteiger charge is -2.61. The van der Waals surface area contributed by atoms with Gasteiger partial charge in [-0.2, -0.15) is 10.2 Å². The topological polar surface area (TPSA) is 118 Å². The van der Waals surface area contributed by atoms with Gasteiger partial charge in [-0.3, -0.25) is 5.10 Å². The van der Waals surface area contributed by atoms with E-state index in [1.807, 2.05) is 13.0 Å². The number of aromatic nitrogens is 5. The number of aromatic amines is 1. The van der Waals surface area contributed by atoms with Crippen molar-refractivity contribution in [3.05, 3.63) is 35.4 Å². The number of halogens is 1. The molecule has 180 valence electrons. The monoisotopic (exact) mass is 469 g/mol. The molecule has 7 rings (SSSR count). The summed E-state index contributed by atoms with van der Waals surface area (Å²) in [6.07, 6.45) is 4.76. The van der Waals surface area contributed by atoms with Crippen molar-refractivity contribution in [3.8, 4) is 0 Å². The van der Waals surface area contributed by atoms with Crippen LogP contribution >= 0.6 is 0 Å². The first-order valence-corrected chi connectivity index (χ1v) is 11.7. The number of hydrogen-bond donors (Lipinski definition) is 3. The lowest BCUT2D eigenvalue weighted by Crippen LogP contribution is -2.68. The summed E-state index contributed by atoms with van der Waals surface area (Å²) >= 11 is 0. The van der Waals surface area contributed by atoms with Crippen molar-refractivity contribution < 1.29 is 18.7 Å². The minimum atomic E-state index is -1.20. The third-order valence-corrected chi connectivity index (χ3v) is 7.54. The van der Waals surface area contributed by atoms with Crippen LogP contribution in [-0.2, 0) is 16.1 Å². The van der Waals surface area contributed by atoms with Gasteiger partial charge in [0, 0.05) is 48.3 Å². The number of alkyl carbamates (subject to hydrolysis) is 1. The number of carbonyl (C=O) groups excluding carboxylic acids is 1. The van der Waals surface area contributed by atoms with E-state index in [9.17, 15) is 9.18 Å². The van der Waals surface area contributed by atoms with Gasteiger partial charge in [-0.25, -0.2) is 18.7 Å². The van der Waals surface area contributed by atoms with Gasteiger partial charge in [0.1, 0.15) is 17.8 Å². The van der Waals surface area contributed by atoms with Crippen LogP contribution in [0.4, 0.5) is 20.8 Å². The molecule has 0 radical (unpaired) electrons. The lowest BCUT2D eigenvalue weighted by molar-refractivity contribution is -0.0530. The Balaban J connectivity index is 1.12. The summed E-state index contributed by atoms with van der Waals surface area (Å²) in [5, 5.41) is 18.1. The molecule has 1 amide bonds. The maximum atomic E-state index is 14.7. The first-order chi connectivity index (χ1) is 16.4. The van der Waals surface area contributed by atoms with Gasteiger partial charge in [-0.05, 0) is 44.9 Å². The van der Waals surface area contributed by atoms with Crippen LogP contribution in [0.25, 0.3) is 5.52 Å². The van der Waals surface area contributed by atoms with Gasteiger partial charge in [0.05, 0.1) is 12.3 Å². The highest BCUT2D eigenvalue weighted by atomic mass is 19.1. The van der Waals surface area contributed by atoms with Crippen LogP contribution in [0.3, 0.4) is 0 Å². The number of aryl methyl sites for hydroxylation is 1. The molecule has 4 aliphatic carbocycles. The summed E-state index contributed by atoms with van der Waals surface area (Å²) in [6, 6.07) is 1.86. The highest BCUT2D eigenvalue weighted by Gasteiger charge is 2.58. The molecule has 11 heteroatoms. The molecule has 0 spiro atoms. The summed E-state index contributed by atoms with van der Waals surface area (Å²) in [6.45, 7) is 2.39. The summed E-state index contributed by atoms with van der Waals surface area (Å²) in [7, 11) is 1.63. The largest absolute Gasteiger partial charge is 0.443 e. The predicted molar refractivity (Wildman–Crippen MR) is 121 cm³/mol. The second-order valence-corrected chi connectivity index (χ2v) is 9.92. The molecule has 4 aliphatic rings. The van der Waals surface area contributed by atoms with Crippen molar-refractivity contribution in [1.82, 2.24) is 30.1 Å². The number of hydrogen-bond acceptors (Lipinski definition) is 7. The van der Waals surface area contributed by atoms with E-state index in [4.69, 9.17) is 9.47 Å². The zero-order chi connectivity index (χ0) is 23.4. The third kappa shape index (κ3) is 3.58. The summed E-state index contributed by atoms with van der Waals surface area (Å²) in [4.78, 5) is 16.7. The molecule has 34 heavy (non-hydrogen) atoms. The number of nitrogens with one attached hydrogen (secondary N) is 3. The Kier molecular flexibility index (Phi) is 4.98. The molecular formula is C23H28FN7O3. The predicted octanol–water partition coefficient (Wildman–Crippen LogP) is 3.51. The number of nitrogens with zero attached hydrogens (tertiary/aromatic N) is 4. The van der Waals surface area contributed by atoms with Crippen LogP contribution in [0.2, 0.25) is 0 Å². The highest BCUT2D eigenvalue weighted by molar-refractivity contribution is 5.76. The number of methoxy groups -OCH3 is 1. The summed E-state index contributed by atoms with van der Waals surface area (Å²) in [5.74, 6) is 1.83. The molecule has 10 nitrogen and oxygen atoms in total. The van der Waals surface area contributed by atoms with Gasteiger partial charge in [0.15, 0.2) is 11.6 Å². The van der Waals surface area contributed by atoms with Gasteiger partial charge < -0.3 is 20.1 Å². The molecule has 0 unspecified atom stereocenters. The van der Waals surface area contributed by atoms with Crippen LogP contribution in [0.5, 0.6) is 0 Å². The quantitative estimate of drug-likeness (QED) is 0.485. The fourth-order valence-electron chi connectivity index (χ4n) is 5.62. The Morgan fingerprint density at radius 1 is 1.35 bits per heavy atom. The second kappa shape index (κ2) is 7.93. The number of amides is 1. The lowest BCUT2D eigenvalue weighted by atomic mass is 9.50. The molecule has 0 aromatic carbocycles. The highest BCUT2D eigenvalue weighted by Crippen LogP contribution is 2.57. The molecule has 4 fully saturated rings. The Morgan fingerprint density at radius 2 is 2.18 bits per heavy atom. The maximum absolute atomic E-state index is 14.7. The first-order valence-electron chi connectivity index (χ1n) is 11.7. The van der Waals surface area contributed by atoms with E-state index in [1.54, 1.807) is 24.0 Å². The van der Waals surface area contributed by atoms with Gasteiger partial charge in [-0.1, -0.05) is 0 Å². The fourth-order valence-corrected chi connectivity index (χ4v) is 5.62. The molecule has 3 heterocycles. The minimum Gasteiger partial charge on any atom is -0.443 e. The van der Waals surface area contributed by atoms with Crippen LogP contribution in [0.1, 0.15) is 55.0 Å². The van der Waals surface area contributed by atoms with E-state index in [-0.39, 0.29) is 17.9 Å².